The van der Waals surface area contributed by atoms with Crippen molar-refractivity contribution in [2.45, 2.75) is 52.0 Å². The fraction of sp³-hybridized carbons (Fsp3) is 0.550. The lowest BCUT2D eigenvalue weighted by Crippen LogP contribution is -2.52. The number of thiocarbonyl (C=S) groups is 1. The standard InChI is InChI=1S/C20H28N4O2S/c1-13-6-3-9-17(14(13)2)21-20(27)23-22-19(26)15-7-4-8-16(12-15)24-11-5-10-18(24)25/h4,7-8,12-14,17H,3,5-6,9-11H2,1-2H3,(H,22,26)(H2,21,23,27)/t13-,14+,17-/m0/s1. The lowest BCUT2D eigenvalue weighted by Gasteiger charge is -2.35. The molecule has 27 heavy (non-hydrogen) atoms. The fourth-order valence-corrected chi connectivity index (χ4v) is 4.11. The van der Waals surface area contributed by atoms with Crippen LogP contribution in [0.25, 0.3) is 0 Å². The van der Waals surface area contributed by atoms with Gasteiger partial charge in [0.1, 0.15) is 0 Å². The van der Waals surface area contributed by atoms with E-state index >= 15 is 0 Å². The quantitative estimate of drug-likeness (QED) is 0.548. The van der Waals surface area contributed by atoms with Gasteiger partial charge in [-0.15, -0.1) is 0 Å². The maximum atomic E-state index is 12.4. The number of benzene rings is 1. The monoisotopic (exact) mass is 388 g/mol. The molecule has 0 aromatic heterocycles. The van der Waals surface area contributed by atoms with Gasteiger partial charge in [-0.05, 0) is 55.1 Å². The molecule has 2 amide bonds. The van der Waals surface area contributed by atoms with E-state index in [2.05, 4.69) is 30.0 Å². The molecule has 146 valence electrons. The molecule has 0 radical (unpaired) electrons. The van der Waals surface area contributed by atoms with Gasteiger partial charge in [0.25, 0.3) is 5.91 Å². The first-order chi connectivity index (χ1) is 13.0. The highest BCUT2D eigenvalue weighted by molar-refractivity contribution is 7.80. The third-order valence-corrected chi connectivity index (χ3v) is 6.03. The summed E-state index contributed by atoms with van der Waals surface area (Å²) in [5.74, 6) is 1.04. The van der Waals surface area contributed by atoms with Gasteiger partial charge in [0, 0.05) is 30.3 Å². The summed E-state index contributed by atoms with van der Waals surface area (Å²) in [7, 11) is 0. The number of rotatable bonds is 3. The second kappa shape index (κ2) is 8.69. The van der Waals surface area contributed by atoms with Crippen molar-refractivity contribution < 1.29 is 9.59 Å². The van der Waals surface area contributed by atoms with E-state index in [0.29, 0.717) is 41.5 Å². The lowest BCUT2D eigenvalue weighted by molar-refractivity contribution is -0.117. The summed E-state index contributed by atoms with van der Waals surface area (Å²) in [6.45, 7) is 5.22. The summed E-state index contributed by atoms with van der Waals surface area (Å²) >= 11 is 5.33. The van der Waals surface area contributed by atoms with Crippen LogP contribution in [0.5, 0.6) is 0 Å². The van der Waals surface area contributed by atoms with Crippen molar-refractivity contribution in [2.24, 2.45) is 11.8 Å². The van der Waals surface area contributed by atoms with Crippen molar-refractivity contribution in [3.8, 4) is 0 Å². The Morgan fingerprint density at radius 3 is 2.74 bits per heavy atom. The van der Waals surface area contributed by atoms with Crippen molar-refractivity contribution >= 4 is 34.8 Å². The first-order valence-electron chi connectivity index (χ1n) is 9.73. The van der Waals surface area contributed by atoms with Gasteiger partial charge in [0.2, 0.25) is 5.91 Å². The Morgan fingerprint density at radius 2 is 2.00 bits per heavy atom. The minimum absolute atomic E-state index is 0.104. The first-order valence-corrected chi connectivity index (χ1v) is 10.1. The predicted molar refractivity (Wildman–Crippen MR) is 110 cm³/mol. The molecule has 0 spiro atoms. The molecule has 1 aliphatic carbocycles. The Bertz CT molecular complexity index is 724. The number of hydrazine groups is 1. The Labute approximate surface area is 166 Å². The van der Waals surface area contributed by atoms with E-state index < -0.39 is 0 Å². The molecule has 2 aliphatic rings. The number of nitrogens with zero attached hydrogens (tertiary/aromatic N) is 1. The number of carbonyl (C=O) groups excluding carboxylic acids is 2. The summed E-state index contributed by atoms with van der Waals surface area (Å²) in [6.07, 6.45) is 4.96. The van der Waals surface area contributed by atoms with Crippen LogP contribution >= 0.6 is 12.2 Å². The van der Waals surface area contributed by atoms with Gasteiger partial charge in [-0.2, -0.15) is 0 Å². The molecule has 1 aromatic carbocycles. The molecule has 6 nitrogen and oxygen atoms in total. The zero-order valence-corrected chi connectivity index (χ0v) is 16.8. The third kappa shape index (κ3) is 4.77. The number of hydrogen-bond acceptors (Lipinski definition) is 3. The van der Waals surface area contributed by atoms with Crippen molar-refractivity contribution in [1.82, 2.24) is 16.2 Å². The summed E-state index contributed by atoms with van der Waals surface area (Å²) in [5.41, 5.74) is 6.70. The molecule has 3 N–H and O–H groups in total. The van der Waals surface area contributed by atoms with Crippen LogP contribution in [-0.4, -0.2) is 29.5 Å². The van der Waals surface area contributed by atoms with E-state index in [1.165, 1.54) is 12.8 Å². The third-order valence-electron chi connectivity index (χ3n) is 5.81. The number of anilines is 1. The van der Waals surface area contributed by atoms with Crippen LogP contribution in [-0.2, 0) is 4.79 Å². The molecule has 1 saturated carbocycles. The van der Waals surface area contributed by atoms with E-state index in [1.54, 1.807) is 23.1 Å². The molecule has 0 bridgehead atoms. The molecule has 1 aromatic rings. The molecule has 1 heterocycles. The van der Waals surface area contributed by atoms with Crippen LogP contribution in [0.2, 0.25) is 0 Å². The molecule has 3 atom stereocenters. The highest BCUT2D eigenvalue weighted by atomic mass is 32.1. The summed E-state index contributed by atoms with van der Waals surface area (Å²) in [6, 6.07) is 7.43. The van der Waals surface area contributed by atoms with Crippen LogP contribution in [0.1, 0.15) is 56.3 Å². The highest BCUT2D eigenvalue weighted by Crippen LogP contribution is 2.29. The smallest absolute Gasteiger partial charge is 0.269 e. The minimum Gasteiger partial charge on any atom is -0.358 e. The average Bonchev–Trinajstić information content (AvgIpc) is 3.09. The number of carbonyl (C=O) groups is 2. The van der Waals surface area contributed by atoms with Gasteiger partial charge < -0.3 is 10.2 Å². The van der Waals surface area contributed by atoms with Gasteiger partial charge in [-0.25, -0.2) is 0 Å². The highest BCUT2D eigenvalue weighted by Gasteiger charge is 2.27. The van der Waals surface area contributed by atoms with Crippen molar-refractivity contribution in [3.05, 3.63) is 29.8 Å². The molecule has 1 saturated heterocycles. The Kier molecular flexibility index (Phi) is 6.31. The number of amides is 2. The molecule has 0 unspecified atom stereocenters. The van der Waals surface area contributed by atoms with E-state index in [1.807, 2.05) is 6.07 Å². The van der Waals surface area contributed by atoms with E-state index in [4.69, 9.17) is 12.2 Å². The molecule has 7 heteroatoms. The van der Waals surface area contributed by atoms with Gasteiger partial charge in [0.15, 0.2) is 5.11 Å². The van der Waals surface area contributed by atoms with E-state index in [0.717, 1.165) is 18.5 Å². The normalized spacial score (nSPS) is 25.2. The summed E-state index contributed by atoms with van der Waals surface area (Å²) in [5, 5.41) is 3.75. The predicted octanol–water partition coefficient (Wildman–Crippen LogP) is 2.75. The molecule has 1 aliphatic heterocycles. The van der Waals surface area contributed by atoms with Crippen molar-refractivity contribution in [3.63, 3.8) is 0 Å². The van der Waals surface area contributed by atoms with Gasteiger partial charge in [-0.3, -0.25) is 20.4 Å². The van der Waals surface area contributed by atoms with Gasteiger partial charge in [-0.1, -0.05) is 32.8 Å². The van der Waals surface area contributed by atoms with Crippen molar-refractivity contribution in [2.75, 3.05) is 11.4 Å². The first kappa shape index (κ1) is 19.6. The Balaban J connectivity index is 1.53. The average molecular weight is 389 g/mol. The Hall–Kier alpha value is -2.15. The van der Waals surface area contributed by atoms with E-state index in [-0.39, 0.29) is 11.8 Å². The second-order valence-corrected chi connectivity index (χ2v) is 8.03. The van der Waals surface area contributed by atoms with Crippen LogP contribution in [0.3, 0.4) is 0 Å². The molecular formula is C20H28N4O2S. The largest absolute Gasteiger partial charge is 0.358 e. The maximum Gasteiger partial charge on any atom is 0.269 e. The number of hydrogen-bond donors (Lipinski definition) is 3. The SMILES string of the molecule is C[C@H]1[C@@H](NC(=S)NNC(=O)c2cccc(N3CCCC3=O)c2)CCC[C@@H]1C. The van der Waals surface area contributed by atoms with Crippen LogP contribution in [0, 0.1) is 11.8 Å². The number of nitrogens with one attached hydrogen (secondary N) is 3. The summed E-state index contributed by atoms with van der Waals surface area (Å²) in [4.78, 5) is 26.1. The topological polar surface area (TPSA) is 73.5 Å². The van der Waals surface area contributed by atoms with Gasteiger partial charge >= 0.3 is 0 Å². The molecule has 3 rings (SSSR count). The fourth-order valence-electron chi connectivity index (χ4n) is 3.91. The van der Waals surface area contributed by atoms with Gasteiger partial charge in [0.05, 0.1) is 0 Å². The molecular weight excluding hydrogens is 360 g/mol. The van der Waals surface area contributed by atoms with Crippen LogP contribution < -0.4 is 21.1 Å². The molecule has 2 fully saturated rings. The van der Waals surface area contributed by atoms with Crippen molar-refractivity contribution in [1.29, 1.82) is 0 Å². The van der Waals surface area contributed by atoms with Crippen LogP contribution in [0.4, 0.5) is 5.69 Å². The zero-order chi connectivity index (χ0) is 19.4. The lowest BCUT2D eigenvalue weighted by atomic mass is 9.78. The zero-order valence-electron chi connectivity index (χ0n) is 16.0. The minimum atomic E-state index is -0.280. The summed E-state index contributed by atoms with van der Waals surface area (Å²) < 4.78 is 0. The maximum absolute atomic E-state index is 12.4. The van der Waals surface area contributed by atoms with Crippen LogP contribution in [0.15, 0.2) is 24.3 Å². The second-order valence-electron chi connectivity index (χ2n) is 7.63. The Morgan fingerprint density at radius 1 is 1.19 bits per heavy atom. The van der Waals surface area contributed by atoms with E-state index in [9.17, 15) is 9.59 Å².